The molecular formula is C21H30N2OS. The fraction of sp³-hybridized carbons (Fsp3) is 0.714. The molecular weight excluding hydrogens is 328 g/mol. The van der Waals surface area contributed by atoms with Gasteiger partial charge in [0.25, 0.3) is 0 Å². The third-order valence-electron chi connectivity index (χ3n) is 6.61. The lowest BCUT2D eigenvalue weighted by molar-refractivity contribution is -0.120. The number of nitriles is 1. The zero-order chi connectivity index (χ0) is 18.0. The number of nitrogens with one attached hydrogen (secondary N) is 1. The van der Waals surface area contributed by atoms with E-state index in [1.165, 1.54) is 23.3 Å². The first-order valence-electron chi connectivity index (χ1n) is 9.81. The van der Waals surface area contributed by atoms with Gasteiger partial charge in [-0.1, -0.05) is 46.5 Å². The lowest BCUT2D eigenvalue weighted by Gasteiger charge is -2.36. The number of thiophene rings is 1. The zero-order valence-corrected chi connectivity index (χ0v) is 16.6. The van der Waals surface area contributed by atoms with Crippen molar-refractivity contribution in [1.82, 2.24) is 0 Å². The number of fused-ring (bicyclic) bond motifs is 1. The summed E-state index contributed by atoms with van der Waals surface area (Å²) in [5.41, 5.74) is 2.27. The van der Waals surface area contributed by atoms with Gasteiger partial charge in [0.05, 0.1) is 5.56 Å². The molecule has 1 fully saturated rings. The Labute approximate surface area is 155 Å². The number of nitrogens with zero attached hydrogens (tertiary/aromatic N) is 1. The fourth-order valence-corrected chi connectivity index (χ4v) is 5.61. The normalized spacial score (nSPS) is 21.4. The van der Waals surface area contributed by atoms with Crippen LogP contribution in [0.1, 0.15) is 81.7 Å². The molecule has 0 aromatic carbocycles. The fourth-order valence-electron chi connectivity index (χ4n) is 4.33. The molecule has 2 aliphatic rings. The average Bonchev–Trinajstić information content (AvgIpc) is 2.98. The van der Waals surface area contributed by atoms with Crippen LogP contribution in [-0.4, -0.2) is 5.91 Å². The Kier molecular flexibility index (Phi) is 5.53. The van der Waals surface area contributed by atoms with Crippen molar-refractivity contribution < 1.29 is 4.79 Å². The van der Waals surface area contributed by atoms with E-state index in [9.17, 15) is 10.1 Å². The summed E-state index contributed by atoms with van der Waals surface area (Å²) in [4.78, 5) is 13.9. The van der Waals surface area contributed by atoms with Crippen LogP contribution in [0.2, 0.25) is 0 Å². The van der Waals surface area contributed by atoms with E-state index < -0.39 is 0 Å². The molecule has 1 aromatic rings. The number of hydrogen-bond acceptors (Lipinski definition) is 3. The lowest BCUT2D eigenvalue weighted by atomic mass is 9.69. The highest BCUT2D eigenvalue weighted by Gasteiger charge is 2.34. The van der Waals surface area contributed by atoms with Gasteiger partial charge in [-0.3, -0.25) is 4.79 Å². The maximum Gasteiger partial charge on any atom is 0.228 e. The lowest BCUT2D eigenvalue weighted by Crippen LogP contribution is -2.28. The first-order chi connectivity index (χ1) is 12.0. The number of carbonyl (C=O) groups excluding carboxylic acids is 1. The number of rotatable bonds is 4. The standard InChI is InChI=1S/C21H30N2OS/c1-4-21(2,3)15-10-11-16-17(13-22)20(25-18(16)12-15)23-19(24)14-8-6-5-7-9-14/h14-15H,4-12H2,1-3H3,(H,23,24). The van der Waals surface area contributed by atoms with E-state index >= 15 is 0 Å². The van der Waals surface area contributed by atoms with Gasteiger partial charge >= 0.3 is 0 Å². The van der Waals surface area contributed by atoms with Crippen molar-refractivity contribution in [3.8, 4) is 6.07 Å². The predicted octanol–water partition coefficient (Wildman–Crippen LogP) is 5.68. The molecule has 1 N–H and O–H groups in total. The van der Waals surface area contributed by atoms with E-state index in [1.54, 1.807) is 11.3 Å². The molecule has 4 heteroatoms. The average molecular weight is 359 g/mol. The summed E-state index contributed by atoms with van der Waals surface area (Å²) in [6, 6.07) is 2.38. The highest BCUT2D eigenvalue weighted by atomic mass is 32.1. The van der Waals surface area contributed by atoms with Gasteiger partial charge in [0.2, 0.25) is 5.91 Å². The van der Waals surface area contributed by atoms with Crippen LogP contribution in [0.5, 0.6) is 0 Å². The minimum Gasteiger partial charge on any atom is -0.316 e. The summed E-state index contributed by atoms with van der Waals surface area (Å²) < 4.78 is 0. The maximum atomic E-state index is 12.6. The molecule has 25 heavy (non-hydrogen) atoms. The molecule has 0 aliphatic heterocycles. The summed E-state index contributed by atoms with van der Waals surface area (Å²) in [5.74, 6) is 0.920. The molecule has 0 spiro atoms. The summed E-state index contributed by atoms with van der Waals surface area (Å²) in [6.07, 6.45) is 9.88. The molecule has 0 bridgehead atoms. The van der Waals surface area contributed by atoms with Gasteiger partial charge in [-0.05, 0) is 49.0 Å². The number of anilines is 1. The summed E-state index contributed by atoms with van der Waals surface area (Å²) in [7, 11) is 0. The first-order valence-corrected chi connectivity index (χ1v) is 10.6. The van der Waals surface area contributed by atoms with Crippen molar-refractivity contribution in [1.29, 1.82) is 5.26 Å². The molecule has 1 amide bonds. The van der Waals surface area contributed by atoms with Gasteiger partial charge in [-0.15, -0.1) is 11.3 Å². The minimum absolute atomic E-state index is 0.125. The number of amides is 1. The van der Waals surface area contributed by atoms with Crippen molar-refractivity contribution in [2.45, 2.75) is 78.6 Å². The van der Waals surface area contributed by atoms with Crippen LogP contribution >= 0.6 is 11.3 Å². The molecule has 1 saturated carbocycles. The molecule has 1 aromatic heterocycles. The third kappa shape index (κ3) is 3.77. The van der Waals surface area contributed by atoms with Crippen LogP contribution in [0, 0.1) is 28.6 Å². The van der Waals surface area contributed by atoms with Gasteiger partial charge in [0.1, 0.15) is 11.1 Å². The first kappa shape index (κ1) is 18.5. The van der Waals surface area contributed by atoms with E-state index in [4.69, 9.17) is 0 Å². The Balaban J connectivity index is 1.78. The zero-order valence-electron chi connectivity index (χ0n) is 15.8. The Morgan fingerprint density at radius 1 is 1.28 bits per heavy atom. The van der Waals surface area contributed by atoms with Crippen LogP contribution in [0.25, 0.3) is 0 Å². The Morgan fingerprint density at radius 2 is 2.00 bits per heavy atom. The van der Waals surface area contributed by atoms with Crippen LogP contribution in [0.3, 0.4) is 0 Å². The molecule has 136 valence electrons. The van der Waals surface area contributed by atoms with Crippen molar-refractivity contribution >= 4 is 22.2 Å². The van der Waals surface area contributed by atoms with Gasteiger partial charge in [0.15, 0.2) is 0 Å². The Hall–Kier alpha value is -1.34. The second-order valence-corrected chi connectivity index (χ2v) is 9.53. The summed E-state index contributed by atoms with van der Waals surface area (Å²) in [5, 5.41) is 13.6. The van der Waals surface area contributed by atoms with Crippen LogP contribution < -0.4 is 5.32 Å². The number of hydrogen-bond donors (Lipinski definition) is 1. The van der Waals surface area contributed by atoms with Crippen molar-refractivity contribution in [3.63, 3.8) is 0 Å². The molecule has 0 saturated heterocycles. The van der Waals surface area contributed by atoms with Crippen LogP contribution in [-0.2, 0) is 17.6 Å². The summed E-state index contributed by atoms with van der Waals surface area (Å²) >= 11 is 1.65. The molecule has 1 heterocycles. The van der Waals surface area contributed by atoms with E-state index in [-0.39, 0.29) is 11.8 Å². The van der Waals surface area contributed by atoms with Gasteiger partial charge < -0.3 is 5.32 Å². The second kappa shape index (κ2) is 7.50. The van der Waals surface area contributed by atoms with Crippen molar-refractivity contribution in [2.24, 2.45) is 17.3 Å². The van der Waals surface area contributed by atoms with E-state index in [0.29, 0.717) is 11.3 Å². The Morgan fingerprint density at radius 3 is 2.64 bits per heavy atom. The Bertz CT molecular complexity index is 677. The van der Waals surface area contributed by atoms with Gasteiger partial charge in [0, 0.05) is 10.8 Å². The van der Waals surface area contributed by atoms with E-state index in [2.05, 4.69) is 32.2 Å². The van der Waals surface area contributed by atoms with Crippen LogP contribution in [0.15, 0.2) is 0 Å². The highest BCUT2D eigenvalue weighted by Crippen LogP contribution is 2.45. The quantitative estimate of drug-likeness (QED) is 0.753. The smallest absolute Gasteiger partial charge is 0.228 e. The van der Waals surface area contributed by atoms with E-state index in [0.717, 1.165) is 55.5 Å². The third-order valence-corrected chi connectivity index (χ3v) is 7.78. The van der Waals surface area contributed by atoms with E-state index in [1.807, 2.05) is 0 Å². The second-order valence-electron chi connectivity index (χ2n) is 8.43. The molecule has 3 nitrogen and oxygen atoms in total. The topological polar surface area (TPSA) is 52.9 Å². The monoisotopic (exact) mass is 358 g/mol. The predicted molar refractivity (Wildman–Crippen MR) is 104 cm³/mol. The molecule has 0 radical (unpaired) electrons. The maximum absolute atomic E-state index is 12.6. The van der Waals surface area contributed by atoms with Gasteiger partial charge in [-0.2, -0.15) is 5.26 Å². The minimum atomic E-state index is 0.125. The highest BCUT2D eigenvalue weighted by molar-refractivity contribution is 7.16. The SMILES string of the molecule is CCC(C)(C)C1CCc2c(sc(NC(=O)C3CCCCC3)c2C#N)C1. The van der Waals surface area contributed by atoms with Gasteiger partial charge in [-0.25, -0.2) is 0 Å². The molecule has 1 atom stereocenters. The molecule has 1 unspecified atom stereocenters. The van der Waals surface area contributed by atoms with Crippen molar-refractivity contribution in [2.75, 3.05) is 5.32 Å². The summed E-state index contributed by atoms with van der Waals surface area (Å²) in [6.45, 7) is 6.97. The molecule has 3 rings (SSSR count). The number of carbonyl (C=O) groups is 1. The van der Waals surface area contributed by atoms with Crippen LogP contribution in [0.4, 0.5) is 5.00 Å². The molecule has 2 aliphatic carbocycles. The largest absolute Gasteiger partial charge is 0.316 e. The van der Waals surface area contributed by atoms with Crippen molar-refractivity contribution in [3.05, 3.63) is 16.0 Å².